The standard InChI is InChI=1S/C54H34N2O/c1-2-12-35(13-3-1)45-20-8-22-51-52-23-9-21-46(54(52)57-53(45)51)40-31-38(43-26-24-41(36-14-10-28-55-33-36)47-16-4-6-18-49(43)47)30-39(32-40)44-27-25-42(37-15-11-29-56-34-37)48-17-5-7-19-50(44)48/h1-34H. The van der Waals surface area contributed by atoms with Crippen molar-refractivity contribution >= 4 is 43.5 Å². The number of fused-ring (bicyclic) bond motifs is 5. The molecular formula is C54H34N2O. The molecule has 0 fully saturated rings. The van der Waals surface area contributed by atoms with Crippen molar-refractivity contribution in [3.05, 3.63) is 207 Å². The fraction of sp³-hybridized carbons (Fsp3) is 0. The van der Waals surface area contributed by atoms with Gasteiger partial charge in [-0.2, -0.15) is 0 Å². The lowest BCUT2D eigenvalue weighted by Crippen LogP contribution is -1.91. The van der Waals surface area contributed by atoms with E-state index in [4.69, 9.17) is 4.42 Å². The summed E-state index contributed by atoms with van der Waals surface area (Å²) in [4.78, 5) is 8.88. The number of pyridine rings is 2. The zero-order chi connectivity index (χ0) is 37.7. The Labute approximate surface area is 330 Å². The van der Waals surface area contributed by atoms with E-state index in [0.717, 1.165) is 77.6 Å². The van der Waals surface area contributed by atoms with Crippen LogP contribution in [0.25, 0.3) is 110 Å². The van der Waals surface area contributed by atoms with Crippen LogP contribution in [0.1, 0.15) is 0 Å². The molecule has 8 aromatic carbocycles. The topological polar surface area (TPSA) is 38.9 Å². The van der Waals surface area contributed by atoms with Crippen LogP contribution in [0, 0.1) is 0 Å². The third-order valence-corrected chi connectivity index (χ3v) is 11.3. The van der Waals surface area contributed by atoms with Gasteiger partial charge in [0.25, 0.3) is 0 Å². The molecule has 57 heavy (non-hydrogen) atoms. The van der Waals surface area contributed by atoms with Crippen molar-refractivity contribution < 1.29 is 4.42 Å². The SMILES string of the molecule is c1ccc(-c2cccc3c2oc2c(-c4cc(-c5ccc(-c6cccnc6)c6ccccc56)cc(-c5ccc(-c6cccnc6)c6ccccc56)c4)cccc23)cc1. The predicted molar refractivity (Wildman–Crippen MR) is 237 cm³/mol. The van der Waals surface area contributed by atoms with Crippen molar-refractivity contribution in [1.82, 2.24) is 9.97 Å². The minimum Gasteiger partial charge on any atom is -0.455 e. The molecule has 3 heteroatoms. The third-order valence-electron chi connectivity index (χ3n) is 11.3. The van der Waals surface area contributed by atoms with Crippen molar-refractivity contribution in [2.45, 2.75) is 0 Å². The van der Waals surface area contributed by atoms with E-state index in [2.05, 4.69) is 180 Å². The Morgan fingerprint density at radius 1 is 0.263 bits per heavy atom. The Kier molecular flexibility index (Phi) is 7.82. The van der Waals surface area contributed by atoms with Crippen molar-refractivity contribution in [2.75, 3.05) is 0 Å². The van der Waals surface area contributed by atoms with E-state index in [1.54, 1.807) is 0 Å². The molecule has 0 saturated carbocycles. The average molecular weight is 727 g/mol. The van der Waals surface area contributed by atoms with Crippen LogP contribution in [0.2, 0.25) is 0 Å². The van der Waals surface area contributed by atoms with E-state index in [-0.39, 0.29) is 0 Å². The van der Waals surface area contributed by atoms with Gasteiger partial charge in [0.2, 0.25) is 0 Å². The highest BCUT2D eigenvalue weighted by Crippen LogP contribution is 2.44. The van der Waals surface area contributed by atoms with Gasteiger partial charge in [0, 0.05) is 57.8 Å². The molecule has 11 rings (SSSR count). The van der Waals surface area contributed by atoms with Crippen LogP contribution in [0.4, 0.5) is 0 Å². The zero-order valence-corrected chi connectivity index (χ0v) is 30.9. The third kappa shape index (κ3) is 5.60. The molecule has 0 unspecified atom stereocenters. The number of furan rings is 1. The van der Waals surface area contributed by atoms with Gasteiger partial charge in [-0.25, -0.2) is 0 Å². The fourth-order valence-corrected chi connectivity index (χ4v) is 8.64. The van der Waals surface area contributed by atoms with E-state index in [9.17, 15) is 0 Å². The van der Waals surface area contributed by atoms with Crippen molar-refractivity contribution in [1.29, 1.82) is 0 Å². The van der Waals surface area contributed by atoms with Crippen LogP contribution in [0.15, 0.2) is 211 Å². The number of aromatic nitrogens is 2. The molecule has 0 aliphatic rings. The molecule has 3 heterocycles. The number of rotatable bonds is 6. The van der Waals surface area contributed by atoms with Gasteiger partial charge in [-0.05, 0) is 96.4 Å². The molecule has 266 valence electrons. The number of nitrogens with zero attached hydrogens (tertiary/aromatic N) is 2. The predicted octanol–water partition coefficient (Wildman–Crippen LogP) is 14.7. The second kappa shape index (κ2) is 13.6. The lowest BCUT2D eigenvalue weighted by atomic mass is 9.87. The molecule has 0 aliphatic heterocycles. The van der Waals surface area contributed by atoms with E-state index in [1.165, 1.54) is 32.7 Å². The van der Waals surface area contributed by atoms with Crippen LogP contribution >= 0.6 is 0 Å². The molecule has 0 bridgehead atoms. The Morgan fingerprint density at radius 2 is 0.632 bits per heavy atom. The molecule has 11 aromatic rings. The summed E-state index contributed by atoms with van der Waals surface area (Å²) in [6.07, 6.45) is 7.53. The maximum Gasteiger partial charge on any atom is 0.143 e. The normalized spacial score (nSPS) is 11.5. The molecule has 3 aromatic heterocycles. The second-order valence-electron chi connectivity index (χ2n) is 14.5. The molecule has 3 nitrogen and oxygen atoms in total. The van der Waals surface area contributed by atoms with Gasteiger partial charge < -0.3 is 4.42 Å². The fourth-order valence-electron chi connectivity index (χ4n) is 8.64. The first-order valence-electron chi connectivity index (χ1n) is 19.3. The summed E-state index contributed by atoms with van der Waals surface area (Å²) < 4.78 is 6.97. The lowest BCUT2D eigenvalue weighted by molar-refractivity contribution is 0.671. The number of hydrogen-bond donors (Lipinski definition) is 0. The summed E-state index contributed by atoms with van der Waals surface area (Å²) in [5.74, 6) is 0. The van der Waals surface area contributed by atoms with E-state index in [0.29, 0.717) is 0 Å². The number of hydrogen-bond acceptors (Lipinski definition) is 3. The highest BCUT2D eigenvalue weighted by molar-refractivity contribution is 6.14. The summed E-state index contributed by atoms with van der Waals surface area (Å²) in [6.45, 7) is 0. The molecule has 0 N–H and O–H groups in total. The van der Waals surface area contributed by atoms with Gasteiger partial charge in [-0.15, -0.1) is 0 Å². The highest BCUT2D eigenvalue weighted by Gasteiger charge is 2.19. The summed E-state index contributed by atoms with van der Waals surface area (Å²) in [7, 11) is 0. The zero-order valence-electron chi connectivity index (χ0n) is 30.9. The number of para-hydroxylation sites is 2. The van der Waals surface area contributed by atoms with Gasteiger partial charge in [0.05, 0.1) is 0 Å². The van der Waals surface area contributed by atoms with Crippen LogP contribution in [0.5, 0.6) is 0 Å². The van der Waals surface area contributed by atoms with Gasteiger partial charge in [0.15, 0.2) is 0 Å². The van der Waals surface area contributed by atoms with E-state index >= 15 is 0 Å². The molecule has 0 atom stereocenters. The molecular weight excluding hydrogens is 693 g/mol. The monoisotopic (exact) mass is 726 g/mol. The summed E-state index contributed by atoms with van der Waals surface area (Å²) in [5, 5.41) is 6.97. The quantitative estimate of drug-likeness (QED) is 0.171. The molecule has 0 radical (unpaired) electrons. The smallest absolute Gasteiger partial charge is 0.143 e. The average Bonchev–Trinajstić information content (AvgIpc) is 3.68. The maximum atomic E-state index is 6.97. The summed E-state index contributed by atoms with van der Waals surface area (Å²) >= 11 is 0. The first-order chi connectivity index (χ1) is 28.3. The van der Waals surface area contributed by atoms with Crippen molar-refractivity contribution in [3.63, 3.8) is 0 Å². The van der Waals surface area contributed by atoms with Crippen LogP contribution in [0.3, 0.4) is 0 Å². The molecule has 0 spiro atoms. The summed E-state index contributed by atoms with van der Waals surface area (Å²) in [6, 6.07) is 65.2. The molecule has 0 amide bonds. The largest absolute Gasteiger partial charge is 0.455 e. The Hall–Kier alpha value is -7.62. The van der Waals surface area contributed by atoms with Gasteiger partial charge >= 0.3 is 0 Å². The van der Waals surface area contributed by atoms with Crippen LogP contribution in [-0.2, 0) is 0 Å². The molecule has 0 aliphatic carbocycles. The van der Waals surface area contributed by atoms with Gasteiger partial charge in [-0.1, -0.05) is 152 Å². The lowest BCUT2D eigenvalue weighted by Gasteiger charge is -2.17. The van der Waals surface area contributed by atoms with Crippen molar-refractivity contribution in [3.8, 4) is 66.8 Å². The minimum atomic E-state index is 0.882. The highest BCUT2D eigenvalue weighted by atomic mass is 16.3. The molecule has 0 saturated heterocycles. The Morgan fingerprint density at radius 3 is 1.07 bits per heavy atom. The van der Waals surface area contributed by atoms with Gasteiger partial charge in [-0.3, -0.25) is 9.97 Å². The van der Waals surface area contributed by atoms with E-state index < -0.39 is 0 Å². The maximum absolute atomic E-state index is 6.97. The van der Waals surface area contributed by atoms with Crippen LogP contribution < -0.4 is 0 Å². The Bertz CT molecular complexity index is 3140. The Balaban J connectivity index is 1.18. The first kappa shape index (κ1) is 32.8. The van der Waals surface area contributed by atoms with Gasteiger partial charge in [0.1, 0.15) is 11.2 Å². The van der Waals surface area contributed by atoms with Crippen LogP contribution in [-0.4, -0.2) is 9.97 Å². The van der Waals surface area contributed by atoms with E-state index in [1.807, 2.05) is 36.9 Å². The summed E-state index contributed by atoms with van der Waals surface area (Å²) in [5.41, 5.74) is 15.3. The van der Waals surface area contributed by atoms with Crippen molar-refractivity contribution in [2.24, 2.45) is 0 Å². The first-order valence-corrected chi connectivity index (χ1v) is 19.3. The minimum absolute atomic E-state index is 0.882. The number of benzene rings is 8. The second-order valence-corrected chi connectivity index (χ2v) is 14.5.